The molecule has 0 radical (unpaired) electrons. The number of carbonyl (C=O) groups is 1. The lowest BCUT2D eigenvalue weighted by Crippen LogP contribution is -2.52. The summed E-state index contributed by atoms with van der Waals surface area (Å²) in [6, 6.07) is -0.529. The van der Waals surface area contributed by atoms with Crippen molar-refractivity contribution in [1.82, 2.24) is 15.4 Å². The van der Waals surface area contributed by atoms with Crippen LogP contribution in [-0.2, 0) is 19.6 Å². The minimum Gasteiger partial charge on any atom is -0.378 e. The SMILES string of the molecule is CC(C)NS(=O)(=O)CCNC(=O)C1COCCN1.Cl. The summed E-state index contributed by atoms with van der Waals surface area (Å²) in [4.78, 5) is 11.6. The number of morpholine rings is 1. The number of halogens is 1. The Morgan fingerprint density at radius 2 is 2.16 bits per heavy atom. The van der Waals surface area contributed by atoms with Gasteiger partial charge in [0, 0.05) is 19.1 Å². The van der Waals surface area contributed by atoms with Crippen molar-refractivity contribution < 1.29 is 17.9 Å². The van der Waals surface area contributed by atoms with Gasteiger partial charge in [0.05, 0.1) is 19.0 Å². The zero-order valence-corrected chi connectivity index (χ0v) is 12.8. The van der Waals surface area contributed by atoms with Gasteiger partial charge in [-0.3, -0.25) is 4.79 Å². The van der Waals surface area contributed by atoms with E-state index < -0.39 is 10.0 Å². The maximum Gasteiger partial charge on any atom is 0.239 e. The van der Waals surface area contributed by atoms with E-state index >= 15 is 0 Å². The van der Waals surface area contributed by atoms with Crippen LogP contribution < -0.4 is 15.4 Å². The Hall–Kier alpha value is -0.410. The second-order valence-electron chi connectivity index (χ2n) is 4.46. The van der Waals surface area contributed by atoms with Crippen LogP contribution in [0.1, 0.15) is 13.8 Å². The van der Waals surface area contributed by atoms with Gasteiger partial charge in [-0.1, -0.05) is 0 Å². The lowest BCUT2D eigenvalue weighted by atomic mass is 10.2. The number of hydrogen-bond donors (Lipinski definition) is 3. The van der Waals surface area contributed by atoms with E-state index in [0.717, 1.165) is 0 Å². The molecule has 0 aromatic carbocycles. The first-order chi connectivity index (χ1) is 8.41. The minimum absolute atomic E-state index is 0. The molecule has 0 aliphatic carbocycles. The zero-order chi connectivity index (χ0) is 13.6. The summed E-state index contributed by atoms with van der Waals surface area (Å²) >= 11 is 0. The van der Waals surface area contributed by atoms with Gasteiger partial charge in [0.2, 0.25) is 15.9 Å². The normalized spacial score (nSPS) is 19.8. The highest BCUT2D eigenvalue weighted by molar-refractivity contribution is 7.89. The molecular weight excluding hydrogens is 294 g/mol. The van der Waals surface area contributed by atoms with Gasteiger partial charge in [0.1, 0.15) is 6.04 Å². The van der Waals surface area contributed by atoms with Gasteiger partial charge >= 0.3 is 0 Å². The number of nitrogens with one attached hydrogen (secondary N) is 3. The summed E-state index contributed by atoms with van der Waals surface area (Å²) in [6.07, 6.45) is 0. The molecule has 1 fully saturated rings. The van der Waals surface area contributed by atoms with Crippen LogP contribution >= 0.6 is 12.4 Å². The highest BCUT2D eigenvalue weighted by Gasteiger charge is 2.21. The second-order valence-corrected chi connectivity index (χ2v) is 6.34. The topological polar surface area (TPSA) is 96.5 Å². The van der Waals surface area contributed by atoms with Crippen molar-refractivity contribution in [2.45, 2.75) is 25.9 Å². The molecule has 1 aliphatic rings. The first-order valence-corrected chi connectivity index (χ1v) is 7.65. The molecule has 1 aliphatic heterocycles. The van der Waals surface area contributed by atoms with Gasteiger partial charge in [-0.2, -0.15) is 0 Å². The lowest BCUT2D eigenvalue weighted by Gasteiger charge is -2.22. The molecule has 0 aromatic rings. The van der Waals surface area contributed by atoms with E-state index in [1.165, 1.54) is 0 Å². The van der Waals surface area contributed by atoms with E-state index in [-0.39, 0.29) is 42.7 Å². The van der Waals surface area contributed by atoms with Crippen molar-refractivity contribution in [3.63, 3.8) is 0 Å². The van der Waals surface area contributed by atoms with Crippen LogP contribution in [0.5, 0.6) is 0 Å². The third-order valence-corrected chi connectivity index (χ3v) is 3.90. The van der Waals surface area contributed by atoms with Gasteiger partial charge in [-0.05, 0) is 13.8 Å². The predicted octanol–water partition coefficient (Wildman–Crippen LogP) is -1.16. The third-order valence-electron chi connectivity index (χ3n) is 2.32. The van der Waals surface area contributed by atoms with E-state index in [9.17, 15) is 13.2 Å². The van der Waals surface area contributed by atoms with Crippen LogP contribution in [0.4, 0.5) is 0 Å². The minimum atomic E-state index is -3.32. The molecule has 1 heterocycles. The van der Waals surface area contributed by atoms with E-state index in [1.807, 2.05) is 0 Å². The average Bonchev–Trinajstić information content (AvgIpc) is 2.28. The largest absolute Gasteiger partial charge is 0.378 e. The van der Waals surface area contributed by atoms with Crippen LogP contribution in [0, 0.1) is 0 Å². The average molecular weight is 316 g/mol. The summed E-state index contributed by atoms with van der Waals surface area (Å²) < 4.78 is 30.6. The second kappa shape index (κ2) is 8.70. The Labute approximate surface area is 120 Å². The first-order valence-electron chi connectivity index (χ1n) is 5.99. The molecule has 0 bridgehead atoms. The molecule has 1 unspecified atom stereocenters. The van der Waals surface area contributed by atoms with Crippen molar-refractivity contribution in [3.05, 3.63) is 0 Å². The number of carbonyl (C=O) groups excluding carboxylic acids is 1. The molecule has 3 N–H and O–H groups in total. The van der Waals surface area contributed by atoms with Crippen molar-refractivity contribution in [2.24, 2.45) is 0 Å². The predicted molar refractivity (Wildman–Crippen MR) is 74.9 cm³/mol. The van der Waals surface area contributed by atoms with E-state index in [4.69, 9.17) is 4.74 Å². The van der Waals surface area contributed by atoms with E-state index in [2.05, 4.69) is 15.4 Å². The van der Waals surface area contributed by atoms with E-state index in [0.29, 0.717) is 19.8 Å². The number of ether oxygens (including phenoxy) is 1. The molecule has 0 aromatic heterocycles. The summed E-state index contributed by atoms with van der Waals surface area (Å²) in [6.45, 7) is 5.14. The van der Waals surface area contributed by atoms with E-state index in [1.54, 1.807) is 13.8 Å². The van der Waals surface area contributed by atoms with Crippen LogP contribution in [0.25, 0.3) is 0 Å². The van der Waals surface area contributed by atoms with Gasteiger partial charge in [0.15, 0.2) is 0 Å². The fraction of sp³-hybridized carbons (Fsp3) is 0.900. The molecule has 19 heavy (non-hydrogen) atoms. The number of amides is 1. The van der Waals surface area contributed by atoms with Crippen molar-refractivity contribution in [1.29, 1.82) is 0 Å². The van der Waals surface area contributed by atoms with Crippen LogP contribution in [0.3, 0.4) is 0 Å². The molecule has 1 atom stereocenters. The highest BCUT2D eigenvalue weighted by atomic mass is 35.5. The zero-order valence-electron chi connectivity index (χ0n) is 11.1. The Kier molecular flexibility index (Phi) is 8.51. The van der Waals surface area contributed by atoms with Crippen LogP contribution in [0.15, 0.2) is 0 Å². The van der Waals surface area contributed by atoms with Gasteiger partial charge < -0.3 is 15.4 Å². The van der Waals surface area contributed by atoms with Crippen LogP contribution in [0.2, 0.25) is 0 Å². The first kappa shape index (κ1) is 18.6. The summed E-state index contributed by atoms with van der Waals surface area (Å²) in [5.41, 5.74) is 0. The molecule has 7 nitrogen and oxygen atoms in total. The fourth-order valence-electron chi connectivity index (χ4n) is 1.58. The Bertz CT molecular complexity index is 369. The smallest absolute Gasteiger partial charge is 0.239 e. The van der Waals surface area contributed by atoms with Crippen molar-refractivity contribution >= 4 is 28.3 Å². The summed E-state index contributed by atoms with van der Waals surface area (Å²) in [5.74, 6) is -0.348. The van der Waals surface area contributed by atoms with Crippen molar-refractivity contribution in [2.75, 3.05) is 32.1 Å². The molecule has 0 saturated carbocycles. The highest BCUT2D eigenvalue weighted by Crippen LogP contribution is 1.93. The molecule has 114 valence electrons. The Morgan fingerprint density at radius 3 is 2.68 bits per heavy atom. The molecule has 1 amide bonds. The number of hydrogen-bond acceptors (Lipinski definition) is 5. The summed E-state index contributed by atoms with van der Waals surface area (Å²) in [7, 11) is -3.32. The maximum atomic E-state index is 11.6. The molecule has 9 heteroatoms. The third kappa shape index (κ3) is 7.68. The number of rotatable bonds is 6. The Balaban J connectivity index is 0.00000324. The monoisotopic (exact) mass is 315 g/mol. The van der Waals surface area contributed by atoms with Gasteiger partial charge in [-0.15, -0.1) is 12.4 Å². The standard InChI is InChI=1S/C10H21N3O4S.ClH/c1-8(2)13-18(15,16)6-4-12-10(14)9-7-17-5-3-11-9;/h8-9,11,13H,3-7H2,1-2H3,(H,12,14);1H. The molecule has 1 saturated heterocycles. The molecule has 0 spiro atoms. The van der Waals surface area contributed by atoms with Gasteiger partial charge in [-0.25, -0.2) is 13.1 Å². The molecular formula is C10H22ClN3O4S. The quantitative estimate of drug-likeness (QED) is 0.574. The summed E-state index contributed by atoms with van der Waals surface area (Å²) in [5, 5.41) is 5.58. The lowest BCUT2D eigenvalue weighted by molar-refractivity contribution is -0.125. The molecule has 1 rings (SSSR count). The fourth-order valence-corrected chi connectivity index (χ4v) is 2.79. The number of sulfonamides is 1. The van der Waals surface area contributed by atoms with Crippen LogP contribution in [-0.4, -0.2) is 58.5 Å². The maximum absolute atomic E-state index is 11.6. The van der Waals surface area contributed by atoms with Crippen molar-refractivity contribution in [3.8, 4) is 0 Å². The Morgan fingerprint density at radius 1 is 1.47 bits per heavy atom. The van der Waals surface area contributed by atoms with Gasteiger partial charge in [0.25, 0.3) is 0 Å².